The minimum atomic E-state index is 0.302. The minimum absolute atomic E-state index is 0.302. The van der Waals surface area contributed by atoms with Crippen molar-refractivity contribution in [2.24, 2.45) is 0 Å². The zero-order valence-electron chi connectivity index (χ0n) is 11.4. The quantitative estimate of drug-likeness (QED) is 0.855. The van der Waals surface area contributed by atoms with Crippen LogP contribution in [0, 0.1) is 0 Å². The first-order chi connectivity index (χ1) is 9.10. The van der Waals surface area contributed by atoms with Crippen LogP contribution in [-0.2, 0) is 6.42 Å². The Morgan fingerprint density at radius 2 is 2.21 bits per heavy atom. The van der Waals surface area contributed by atoms with Crippen molar-refractivity contribution in [3.8, 4) is 5.69 Å². The molecule has 0 aliphatic carbocycles. The van der Waals surface area contributed by atoms with Crippen molar-refractivity contribution in [3.63, 3.8) is 0 Å². The molecule has 0 aliphatic rings. The van der Waals surface area contributed by atoms with Crippen molar-refractivity contribution < 1.29 is 0 Å². The van der Waals surface area contributed by atoms with E-state index in [1.54, 1.807) is 16.9 Å². The first kappa shape index (κ1) is 13.8. The van der Waals surface area contributed by atoms with E-state index in [0.717, 1.165) is 29.9 Å². The van der Waals surface area contributed by atoms with Crippen molar-refractivity contribution in [3.05, 3.63) is 29.3 Å². The second-order valence-electron chi connectivity index (χ2n) is 4.73. The lowest BCUT2D eigenvalue weighted by Crippen LogP contribution is -2.12. The Labute approximate surface area is 118 Å². The van der Waals surface area contributed by atoms with Gasteiger partial charge in [-0.15, -0.1) is 5.10 Å². The van der Waals surface area contributed by atoms with Crippen LogP contribution in [0.5, 0.6) is 0 Å². The van der Waals surface area contributed by atoms with E-state index in [2.05, 4.69) is 41.4 Å². The molecule has 102 valence electrons. The molecule has 0 spiro atoms. The molecule has 0 radical (unpaired) electrons. The fourth-order valence-corrected chi connectivity index (χ4v) is 1.98. The van der Waals surface area contributed by atoms with Gasteiger partial charge in [0.15, 0.2) is 0 Å². The number of hydrogen-bond acceptors (Lipinski definition) is 4. The SMILES string of the molecule is CCCc1cn(-c2cnc(Cl)cc2NC(C)C)nn1. The third-order valence-electron chi connectivity index (χ3n) is 2.59. The molecule has 0 aliphatic heterocycles. The molecule has 0 saturated carbocycles. The fraction of sp³-hybridized carbons (Fsp3) is 0.462. The van der Waals surface area contributed by atoms with E-state index in [9.17, 15) is 0 Å². The van der Waals surface area contributed by atoms with Gasteiger partial charge in [0, 0.05) is 12.1 Å². The van der Waals surface area contributed by atoms with Crippen molar-refractivity contribution in [2.75, 3.05) is 5.32 Å². The van der Waals surface area contributed by atoms with Gasteiger partial charge in [-0.1, -0.05) is 30.2 Å². The minimum Gasteiger partial charge on any atom is -0.381 e. The van der Waals surface area contributed by atoms with Gasteiger partial charge in [-0.3, -0.25) is 0 Å². The molecule has 2 aromatic rings. The van der Waals surface area contributed by atoms with Gasteiger partial charge in [0.25, 0.3) is 0 Å². The molecule has 5 nitrogen and oxygen atoms in total. The molecule has 0 bridgehead atoms. The predicted octanol–water partition coefficient (Wildman–Crippen LogP) is 3.09. The maximum absolute atomic E-state index is 5.95. The predicted molar refractivity (Wildman–Crippen MR) is 76.9 cm³/mol. The summed E-state index contributed by atoms with van der Waals surface area (Å²) in [6.45, 7) is 6.26. The summed E-state index contributed by atoms with van der Waals surface area (Å²) in [6.07, 6.45) is 5.61. The Balaban J connectivity index is 2.36. The number of halogens is 1. The third-order valence-corrected chi connectivity index (χ3v) is 2.79. The van der Waals surface area contributed by atoms with E-state index in [-0.39, 0.29) is 0 Å². The van der Waals surface area contributed by atoms with Gasteiger partial charge in [0.05, 0.1) is 23.8 Å². The van der Waals surface area contributed by atoms with Crippen LogP contribution < -0.4 is 5.32 Å². The number of aromatic nitrogens is 4. The molecular weight excluding hydrogens is 262 g/mol. The fourth-order valence-electron chi connectivity index (χ4n) is 1.82. The van der Waals surface area contributed by atoms with Crippen LogP contribution in [0.1, 0.15) is 32.9 Å². The van der Waals surface area contributed by atoms with E-state index in [4.69, 9.17) is 11.6 Å². The smallest absolute Gasteiger partial charge is 0.131 e. The van der Waals surface area contributed by atoms with Gasteiger partial charge < -0.3 is 5.32 Å². The van der Waals surface area contributed by atoms with Gasteiger partial charge in [0.1, 0.15) is 10.8 Å². The highest BCUT2D eigenvalue weighted by atomic mass is 35.5. The van der Waals surface area contributed by atoms with E-state index < -0.39 is 0 Å². The van der Waals surface area contributed by atoms with Crippen molar-refractivity contribution in [1.29, 1.82) is 0 Å². The average Bonchev–Trinajstić information content (AvgIpc) is 2.77. The van der Waals surface area contributed by atoms with Crippen molar-refractivity contribution in [1.82, 2.24) is 20.0 Å². The molecule has 0 saturated heterocycles. The summed E-state index contributed by atoms with van der Waals surface area (Å²) in [6, 6.07) is 2.11. The van der Waals surface area contributed by atoms with E-state index in [1.807, 2.05) is 6.20 Å². The standard InChI is InChI=1S/C13H18ClN5/c1-4-5-10-8-19(18-17-10)12-7-15-13(14)6-11(12)16-9(2)3/h6-9H,4-5H2,1-3H3,(H,15,16). The zero-order chi connectivity index (χ0) is 13.8. The lowest BCUT2D eigenvalue weighted by molar-refractivity contribution is 0.785. The summed E-state index contributed by atoms with van der Waals surface area (Å²) in [7, 11) is 0. The molecule has 0 aromatic carbocycles. The van der Waals surface area contributed by atoms with Gasteiger partial charge in [-0.05, 0) is 20.3 Å². The maximum atomic E-state index is 5.95. The van der Waals surface area contributed by atoms with E-state index in [1.165, 1.54) is 0 Å². The van der Waals surface area contributed by atoms with Crippen LogP contribution in [0.25, 0.3) is 5.69 Å². The highest BCUT2D eigenvalue weighted by Crippen LogP contribution is 2.22. The Morgan fingerprint density at radius 1 is 1.42 bits per heavy atom. The zero-order valence-corrected chi connectivity index (χ0v) is 12.1. The molecule has 1 N–H and O–H groups in total. The van der Waals surface area contributed by atoms with Crippen LogP contribution >= 0.6 is 11.6 Å². The van der Waals surface area contributed by atoms with Crippen LogP contribution in [0.4, 0.5) is 5.69 Å². The summed E-state index contributed by atoms with van der Waals surface area (Å²) < 4.78 is 1.74. The maximum Gasteiger partial charge on any atom is 0.131 e. The number of anilines is 1. The van der Waals surface area contributed by atoms with Gasteiger partial charge in [-0.25, -0.2) is 9.67 Å². The van der Waals surface area contributed by atoms with E-state index >= 15 is 0 Å². The Morgan fingerprint density at radius 3 is 2.89 bits per heavy atom. The number of rotatable bonds is 5. The van der Waals surface area contributed by atoms with Crippen LogP contribution in [-0.4, -0.2) is 26.0 Å². The molecule has 0 atom stereocenters. The van der Waals surface area contributed by atoms with Crippen molar-refractivity contribution in [2.45, 2.75) is 39.7 Å². The Kier molecular flexibility index (Phi) is 4.37. The lowest BCUT2D eigenvalue weighted by atomic mass is 10.2. The second kappa shape index (κ2) is 6.02. The summed E-state index contributed by atoms with van der Waals surface area (Å²) in [5, 5.41) is 12.1. The lowest BCUT2D eigenvalue weighted by Gasteiger charge is -2.14. The number of aryl methyl sites for hydroxylation is 1. The summed E-state index contributed by atoms with van der Waals surface area (Å²) in [4.78, 5) is 4.12. The highest BCUT2D eigenvalue weighted by Gasteiger charge is 2.10. The number of hydrogen-bond donors (Lipinski definition) is 1. The van der Waals surface area contributed by atoms with Crippen LogP contribution in [0.3, 0.4) is 0 Å². The van der Waals surface area contributed by atoms with Gasteiger partial charge in [-0.2, -0.15) is 0 Å². The number of nitrogens with one attached hydrogen (secondary N) is 1. The van der Waals surface area contributed by atoms with Gasteiger partial charge in [0.2, 0.25) is 0 Å². The van der Waals surface area contributed by atoms with E-state index in [0.29, 0.717) is 11.2 Å². The molecule has 0 unspecified atom stereocenters. The number of pyridine rings is 1. The summed E-state index contributed by atoms with van der Waals surface area (Å²) in [5.74, 6) is 0. The van der Waals surface area contributed by atoms with Crippen LogP contribution in [0.15, 0.2) is 18.5 Å². The molecule has 6 heteroatoms. The highest BCUT2D eigenvalue weighted by molar-refractivity contribution is 6.29. The van der Waals surface area contributed by atoms with Crippen molar-refractivity contribution >= 4 is 17.3 Å². The Hall–Kier alpha value is -1.62. The topological polar surface area (TPSA) is 55.6 Å². The molecule has 2 heterocycles. The first-order valence-corrected chi connectivity index (χ1v) is 6.81. The first-order valence-electron chi connectivity index (χ1n) is 6.43. The Bertz CT molecular complexity index is 550. The normalized spacial score (nSPS) is 11.0. The van der Waals surface area contributed by atoms with Gasteiger partial charge >= 0.3 is 0 Å². The molecular formula is C13H18ClN5. The molecule has 2 aromatic heterocycles. The third kappa shape index (κ3) is 3.44. The largest absolute Gasteiger partial charge is 0.381 e. The molecule has 2 rings (SSSR count). The van der Waals surface area contributed by atoms with Crippen LogP contribution in [0.2, 0.25) is 5.15 Å². The summed E-state index contributed by atoms with van der Waals surface area (Å²) in [5.41, 5.74) is 2.74. The number of nitrogens with zero attached hydrogens (tertiary/aromatic N) is 4. The molecule has 0 amide bonds. The second-order valence-corrected chi connectivity index (χ2v) is 5.11. The summed E-state index contributed by atoms with van der Waals surface area (Å²) >= 11 is 5.95. The molecule has 19 heavy (non-hydrogen) atoms. The molecule has 0 fully saturated rings. The average molecular weight is 280 g/mol. The monoisotopic (exact) mass is 279 g/mol.